The molecule has 46 heavy (non-hydrogen) atoms. The number of aliphatic hydroxyl groups excluding tert-OH is 4. The number of nitrogens with two attached hydrogens (primary N) is 1. The first-order chi connectivity index (χ1) is 21.6. The Kier molecular flexibility index (Phi) is 21.9. The van der Waals surface area contributed by atoms with Crippen LogP contribution < -0.4 is 43.0 Å². The summed E-state index contributed by atoms with van der Waals surface area (Å²) < 4.78 is 0. The Balaban J connectivity index is 4.93. The van der Waals surface area contributed by atoms with Crippen LogP contribution >= 0.6 is 11.8 Å². The summed E-state index contributed by atoms with van der Waals surface area (Å²) in [6.45, 7) is 4.35. The van der Waals surface area contributed by atoms with E-state index in [2.05, 4.69) is 37.2 Å². The highest BCUT2D eigenvalue weighted by molar-refractivity contribution is 7.98. The standard InChI is InChI=1S/C27H52N8O10S/c1-14(29-9-19(11-37)32-25(43)20(12-38)33-23(41)15(2)28)8-30-16(3)24(42)34-21(13-39)26(44)35-22(17(4)40)27(45)31-18(10-36)6-7-46-5/h10,14-22,29-30,37-40H,6-9,11-13,28H2,1-5H3,(H,31,45)(H,32,43)(H,33,41)(H,34,42)(H,35,44)/t14-,15-,16-,17+,18-,19+,20-,21-,22-/m0/s1. The molecule has 0 aliphatic carbocycles. The maximum Gasteiger partial charge on any atom is 0.245 e. The number of carbonyl (C=O) groups excluding carboxylic acids is 6. The summed E-state index contributed by atoms with van der Waals surface area (Å²) in [5.74, 6) is -3.13. The highest BCUT2D eigenvalue weighted by Crippen LogP contribution is 2.02. The molecule has 19 heteroatoms. The average Bonchev–Trinajstić information content (AvgIpc) is 3.02. The first-order valence-corrected chi connectivity index (χ1v) is 16.2. The van der Waals surface area contributed by atoms with Crippen molar-refractivity contribution in [3.05, 3.63) is 0 Å². The second-order valence-electron chi connectivity index (χ2n) is 10.9. The lowest BCUT2D eigenvalue weighted by Gasteiger charge is -2.26. The van der Waals surface area contributed by atoms with Crippen molar-refractivity contribution in [3.8, 4) is 0 Å². The second-order valence-corrected chi connectivity index (χ2v) is 11.8. The second kappa shape index (κ2) is 23.4. The molecule has 0 saturated heterocycles. The zero-order valence-electron chi connectivity index (χ0n) is 26.9. The number of aliphatic hydroxyl groups is 4. The molecule has 0 aromatic heterocycles. The topological polar surface area (TPSA) is 294 Å². The SMILES string of the molecule is CSCC[C@@H](C=O)NC(=O)[C@@H](NC(=O)[C@H](CO)NC(=O)[C@H](C)NC[C@H](C)NC[C@H](CO)NC(=O)[C@H](CO)NC(=O)[C@H](C)N)[C@@H](C)O. The summed E-state index contributed by atoms with van der Waals surface area (Å²) in [6, 6.07) is -7.77. The van der Waals surface area contributed by atoms with E-state index in [4.69, 9.17) is 5.73 Å². The highest BCUT2D eigenvalue weighted by Gasteiger charge is 2.31. The third kappa shape index (κ3) is 16.6. The number of carbonyl (C=O) groups is 6. The van der Waals surface area contributed by atoms with E-state index < -0.39 is 97.8 Å². The van der Waals surface area contributed by atoms with Gasteiger partial charge < -0.3 is 68.2 Å². The Hall–Kier alpha value is -2.91. The van der Waals surface area contributed by atoms with Crippen LogP contribution in [0.5, 0.6) is 0 Å². The monoisotopic (exact) mass is 680 g/mol. The molecule has 266 valence electrons. The van der Waals surface area contributed by atoms with E-state index in [9.17, 15) is 49.2 Å². The van der Waals surface area contributed by atoms with Crippen LogP contribution in [0.2, 0.25) is 0 Å². The summed E-state index contributed by atoms with van der Waals surface area (Å²) in [6.07, 6.45) is 1.40. The molecule has 0 unspecified atom stereocenters. The number of hydrogen-bond acceptors (Lipinski definition) is 14. The van der Waals surface area contributed by atoms with Crippen molar-refractivity contribution in [1.29, 1.82) is 0 Å². The van der Waals surface area contributed by atoms with Crippen LogP contribution in [0.4, 0.5) is 0 Å². The number of nitrogens with one attached hydrogen (secondary N) is 7. The van der Waals surface area contributed by atoms with Crippen LogP contribution in [-0.4, -0.2) is 156 Å². The van der Waals surface area contributed by atoms with Gasteiger partial charge in [-0.1, -0.05) is 0 Å². The minimum absolute atomic E-state index is 0.0982. The van der Waals surface area contributed by atoms with Crippen LogP contribution in [0.3, 0.4) is 0 Å². The van der Waals surface area contributed by atoms with Crippen LogP contribution in [-0.2, 0) is 28.8 Å². The van der Waals surface area contributed by atoms with E-state index in [0.29, 0.717) is 18.5 Å². The van der Waals surface area contributed by atoms with Gasteiger partial charge in [0.05, 0.1) is 50.1 Å². The third-order valence-electron chi connectivity index (χ3n) is 6.64. The lowest BCUT2D eigenvalue weighted by Crippen LogP contribution is -2.60. The molecule has 0 rings (SSSR count). The molecular weight excluding hydrogens is 628 g/mol. The molecule has 0 aliphatic heterocycles. The van der Waals surface area contributed by atoms with Gasteiger partial charge in [0.15, 0.2) is 0 Å². The summed E-state index contributed by atoms with van der Waals surface area (Å²) in [7, 11) is 0. The van der Waals surface area contributed by atoms with E-state index >= 15 is 0 Å². The summed E-state index contributed by atoms with van der Waals surface area (Å²) in [4.78, 5) is 73.5. The predicted octanol–water partition coefficient (Wildman–Crippen LogP) is -5.98. The maximum atomic E-state index is 12.8. The number of aldehydes is 1. The molecule has 0 radical (unpaired) electrons. The molecule has 0 aromatic carbocycles. The van der Waals surface area contributed by atoms with Gasteiger partial charge >= 0.3 is 0 Å². The summed E-state index contributed by atoms with van der Waals surface area (Å²) >= 11 is 1.48. The van der Waals surface area contributed by atoms with E-state index in [0.717, 1.165) is 0 Å². The first kappa shape index (κ1) is 43.1. The summed E-state index contributed by atoms with van der Waals surface area (Å²) in [5, 5.41) is 56.8. The quantitative estimate of drug-likeness (QED) is 0.0423. The fraction of sp³-hybridized carbons (Fsp3) is 0.778. The fourth-order valence-corrected chi connectivity index (χ4v) is 4.15. The molecule has 0 bridgehead atoms. The van der Waals surface area contributed by atoms with Crippen molar-refractivity contribution in [2.24, 2.45) is 5.73 Å². The van der Waals surface area contributed by atoms with Gasteiger partial charge in [0.2, 0.25) is 29.5 Å². The molecule has 13 N–H and O–H groups in total. The van der Waals surface area contributed by atoms with Crippen molar-refractivity contribution < 1.29 is 49.2 Å². The minimum Gasteiger partial charge on any atom is -0.394 e. The molecule has 18 nitrogen and oxygen atoms in total. The van der Waals surface area contributed by atoms with E-state index in [1.165, 1.54) is 32.5 Å². The minimum atomic E-state index is -1.45. The average molecular weight is 681 g/mol. The molecule has 0 saturated carbocycles. The molecule has 0 aliphatic rings. The predicted molar refractivity (Wildman–Crippen MR) is 170 cm³/mol. The smallest absolute Gasteiger partial charge is 0.245 e. The molecule has 9 atom stereocenters. The molecule has 5 amide bonds. The van der Waals surface area contributed by atoms with Gasteiger partial charge in [-0.05, 0) is 46.1 Å². The molecule has 0 aromatic rings. The molecule has 0 heterocycles. The number of amides is 5. The zero-order valence-corrected chi connectivity index (χ0v) is 27.8. The lowest BCUT2D eigenvalue weighted by molar-refractivity contribution is -0.135. The van der Waals surface area contributed by atoms with E-state index in [-0.39, 0.29) is 19.1 Å². The van der Waals surface area contributed by atoms with Crippen molar-refractivity contribution in [3.63, 3.8) is 0 Å². The zero-order chi connectivity index (χ0) is 35.4. The normalized spacial score (nSPS) is 17.1. The van der Waals surface area contributed by atoms with Gasteiger partial charge in [0.1, 0.15) is 24.4 Å². The molecule has 0 fully saturated rings. The van der Waals surface area contributed by atoms with Crippen molar-refractivity contribution in [2.75, 3.05) is 44.9 Å². The number of thioether (sulfide) groups is 1. The van der Waals surface area contributed by atoms with Crippen molar-refractivity contribution in [2.45, 2.75) is 88.6 Å². The fourth-order valence-electron chi connectivity index (χ4n) is 3.66. The Morgan fingerprint density at radius 1 is 0.739 bits per heavy atom. The van der Waals surface area contributed by atoms with Crippen LogP contribution in [0.1, 0.15) is 34.1 Å². The van der Waals surface area contributed by atoms with E-state index in [1.54, 1.807) is 6.92 Å². The van der Waals surface area contributed by atoms with Gasteiger partial charge in [0, 0.05) is 19.1 Å². The van der Waals surface area contributed by atoms with Crippen LogP contribution in [0.15, 0.2) is 0 Å². The first-order valence-electron chi connectivity index (χ1n) is 14.8. The van der Waals surface area contributed by atoms with Gasteiger partial charge in [-0.3, -0.25) is 24.0 Å². The highest BCUT2D eigenvalue weighted by atomic mass is 32.2. The van der Waals surface area contributed by atoms with Crippen LogP contribution in [0, 0.1) is 0 Å². The Morgan fingerprint density at radius 2 is 1.30 bits per heavy atom. The molecule has 0 spiro atoms. The van der Waals surface area contributed by atoms with Crippen molar-refractivity contribution in [1.82, 2.24) is 37.2 Å². The number of rotatable bonds is 24. The van der Waals surface area contributed by atoms with Gasteiger partial charge in [-0.2, -0.15) is 11.8 Å². The van der Waals surface area contributed by atoms with Gasteiger partial charge in [-0.25, -0.2) is 0 Å². The summed E-state index contributed by atoms with van der Waals surface area (Å²) in [5.41, 5.74) is 5.46. The van der Waals surface area contributed by atoms with Crippen molar-refractivity contribution >= 4 is 47.6 Å². The van der Waals surface area contributed by atoms with Gasteiger partial charge in [0.25, 0.3) is 0 Å². The van der Waals surface area contributed by atoms with Crippen LogP contribution in [0.25, 0.3) is 0 Å². The molecular formula is C27H52N8O10S. The third-order valence-corrected chi connectivity index (χ3v) is 7.28. The Labute approximate surface area is 273 Å². The Morgan fingerprint density at radius 3 is 1.78 bits per heavy atom. The maximum absolute atomic E-state index is 12.8. The van der Waals surface area contributed by atoms with Gasteiger partial charge in [-0.15, -0.1) is 0 Å². The Bertz CT molecular complexity index is 977. The lowest BCUT2D eigenvalue weighted by atomic mass is 10.1. The number of hydrogen-bond donors (Lipinski definition) is 12. The largest absolute Gasteiger partial charge is 0.394 e. The van der Waals surface area contributed by atoms with E-state index in [1.807, 2.05) is 6.26 Å².